The van der Waals surface area contributed by atoms with E-state index in [1.54, 1.807) is 0 Å². The molecule has 0 aromatic heterocycles. The Morgan fingerprint density at radius 2 is 0.617 bits per heavy atom. The first-order chi connectivity index (χ1) is 29.6. The number of para-hydroxylation sites is 2. The molecule has 0 bridgehead atoms. The Hall–Kier alpha value is -7.16. The van der Waals surface area contributed by atoms with E-state index in [4.69, 9.17) is 0 Å². The van der Waals surface area contributed by atoms with Gasteiger partial charge >= 0.3 is 0 Å². The average molecular weight is 773 g/mol. The van der Waals surface area contributed by atoms with Crippen LogP contribution in [0.2, 0.25) is 0 Å². The maximum atomic E-state index is 2.49. The minimum Gasteiger partial charge on any atom is -0.341 e. The molecule has 0 aliphatic heterocycles. The number of hydrogen-bond donors (Lipinski definition) is 0. The molecule has 0 amide bonds. The number of benzene rings is 10. The summed E-state index contributed by atoms with van der Waals surface area (Å²) in [5.74, 6) is 0. The summed E-state index contributed by atoms with van der Waals surface area (Å²) in [5, 5.41) is 10.5. The molecule has 10 aromatic rings. The fourth-order valence-corrected chi connectivity index (χ4v) is 9.47. The summed E-state index contributed by atoms with van der Waals surface area (Å²) < 4.78 is 0. The van der Waals surface area contributed by atoms with Gasteiger partial charge in [-0.3, -0.25) is 0 Å². The molecule has 0 N–H and O–H groups in total. The molecule has 0 saturated heterocycles. The summed E-state index contributed by atoms with van der Waals surface area (Å²) in [6, 6.07) is 75.7. The van der Waals surface area contributed by atoms with Crippen LogP contribution in [0.25, 0.3) is 54.2 Å². The van der Waals surface area contributed by atoms with Crippen LogP contribution in [0.15, 0.2) is 206 Å². The van der Waals surface area contributed by atoms with Crippen molar-refractivity contribution < 1.29 is 0 Å². The maximum Gasteiger partial charge on any atom is 0.0413 e. The van der Waals surface area contributed by atoms with Gasteiger partial charge in [0.1, 0.15) is 0 Å². The molecule has 290 valence electrons. The van der Waals surface area contributed by atoms with E-state index in [9.17, 15) is 0 Å². The van der Waals surface area contributed by atoms with E-state index >= 15 is 0 Å². The molecular weight excluding hydrogens is 725 g/mol. The molecule has 60 heavy (non-hydrogen) atoms. The first kappa shape index (κ1) is 37.1. The number of fused-ring (bicyclic) bond motifs is 4. The summed E-state index contributed by atoms with van der Waals surface area (Å²) in [4.78, 5) is 4.97. The SMILES string of the molecule is Cc1cc(N(CCc2c3ccccc3cc3ccccc23)c2ccccc2)ccc1-c1ccc(N(CCc2c3ccccc3cc3ccccc23)c2ccccc2)cc1C. The van der Waals surface area contributed by atoms with E-state index in [0.29, 0.717) is 0 Å². The van der Waals surface area contributed by atoms with E-state index in [0.717, 1.165) is 25.9 Å². The molecule has 10 rings (SSSR count). The summed E-state index contributed by atoms with van der Waals surface area (Å²) in [7, 11) is 0. The number of rotatable bonds is 11. The zero-order valence-electron chi connectivity index (χ0n) is 34.4. The number of nitrogens with zero attached hydrogens (tertiary/aromatic N) is 2. The van der Waals surface area contributed by atoms with Crippen molar-refractivity contribution in [3.05, 3.63) is 229 Å². The molecule has 0 unspecified atom stereocenters. The highest BCUT2D eigenvalue weighted by Crippen LogP contribution is 2.37. The lowest BCUT2D eigenvalue weighted by Crippen LogP contribution is -2.21. The molecule has 2 nitrogen and oxygen atoms in total. The van der Waals surface area contributed by atoms with E-state index < -0.39 is 0 Å². The lowest BCUT2D eigenvalue weighted by Gasteiger charge is -2.28. The van der Waals surface area contributed by atoms with Gasteiger partial charge < -0.3 is 9.80 Å². The van der Waals surface area contributed by atoms with E-state index in [2.05, 4.69) is 230 Å². The minimum atomic E-state index is 0.860. The Morgan fingerprint density at radius 3 is 0.950 bits per heavy atom. The van der Waals surface area contributed by atoms with Crippen molar-refractivity contribution in [2.75, 3.05) is 22.9 Å². The fraction of sp³-hybridized carbons (Fsp3) is 0.103. The molecule has 10 aromatic carbocycles. The molecule has 0 spiro atoms. The van der Waals surface area contributed by atoms with Gasteiger partial charge in [-0.2, -0.15) is 0 Å². The van der Waals surface area contributed by atoms with Gasteiger partial charge in [-0.25, -0.2) is 0 Å². The highest BCUT2D eigenvalue weighted by atomic mass is 15.1. The zero-order valence-corrected chi connectivity index (χ0v) is 34.4. The van der Waals surface area contributed by atoms with E-state index in [1.165, 1.54) is 99.2 Å². The van der Waals surface area contributed by atoms with Crippen molar-refractivity contribution in [2.45, 2.75) is 26.7 Å². The first-order valence-electron chi connectivity index (χ1n) is 21.2. The number of anilines is 4. The van der Waals surface area contributed by atoms with Gasteiger partial charge in [-0.1, -0.05) is 146 Å². The van der Waals surface area contributed by atoms with Crippen LogP contribution in [0.5, 0.6) is 0 Å². The summed E-state index contributed by atoms with van der Waals surface area (Å²) in [6.45, 7) is 6.24. The van der Waals surface area contributed by atoms with Crippen LogP contribution in [-0.2, 0) is 12.8 Å². The smallest absolute Gasteiger partial charge is 0.0413 e. The van der Waals surface area contributed by atoms with Crippen LogP contribution < -0.4 is 9.80 Å². The Morgan fingerprint density at radius 1 is 0.300 bits per heavy atom. The standard InChI is InChI=1S/C58H48N2/c1-41-37-49(59(47-21-5-3-6-22-47)35-33-57-53-25-13-9-17-43(53)39-44-18-10-14-26-54(44)57)29-31-51(41)52-32-30-50(38-42(52)2)60(48-23-7-4-8-24-48)36-34-58-55-27-15-11-19-45(55)40-46-20-12-16-28-56(46)58/h3-32,37-40H,33-36H2,1-2H3. The van der Waals surface area contributed by atoms with Gasteiger partial charge in [0.2, 0.25) is 0 Å². The summed E-state index contributed by atoms with van der Waals surface area (Å²) >= 11 is 0. The molecule has 0 atom stereocenters. The molecule has 0 heterocycles. The Kier molecular flexibility index (Phi) is 10.0. The van der Waals surface area contributed by atoms with Crippen molar-refractivity contribution in [2.24, 2.45) is 0 Å². The van der Waals surface area contributed by atoms with Crippen LogP contribution in [0.1, 0.15) is 22.3 Å². The van der Waals surface area contributed by atoms with Gasteiger partial charge in [0, 0.05) is 35.8 Å². The predicted octanol–water partition coefficient (Wildman–Crippen LogP) is 15.3. The maximum absolute atomic E-state index is 2.49. The van der Waals surface area contributed by atoms with Crippen molar-refractivity contribution in [1.82, 2.24) is 0 Å². The summed E-state index contributed by atoms with van der Waals surface area (Å²) in [5.41, 5.74) is 12.7. The van der Waals surface area contributed by atoms with Gasteiger partial charge in [0.05, 0.1) is 0 Å². The highest BCUT2D eigenvalue weighted by molar-refractivity contribution is 6.03. The molecule has 0 aliphatic carbocycles. The van der Waals surface area contributed by atoms with Crippen molar-refractivity contribution in [3.8, 4) is 11.1 Å². The minimum absolute atomic E-state index is 0.860. The lowest BCUT2D eigenvalue weighted by atomic mass is 9.93. The molecule has 0 saturated carbocycles. The monoisotopic (exact) mass is 772 g/mol. The van der Waals surface area contributed by atoms with Crippen molar-refractivity contribution in [1.29, 1.82) is 0 Å². The second-order valence-corrected chi connectivity index (χ2v) is 16.1. The fourth-order valence-electron chi connectivity index (χ4n) is 9.47. The normalized spacial score (nSPS) is 11.4. The van der Waals surface area contributed by atoms with E-state index in [1.807, 2.05) is 0 Å². The molecule has 0 aliphatic rings. The molecule has 2 heteroatoms. The molecule has 0 fully saturated rings. The van der Waals surface area contributed by atoms with Gasteiger partial charge in [-0.15, -0.1) is 0 Å². The Bertz CT molecular complexity index is 2810. The lowest BCUT2D eigenvalue weighted by molar-refractivity contribution is 0.923. The number of hydrogen-bond acceptors (Lipinski definition) is 2. The van der Waals surface area contributed by atoms with Crippen LogP contribution in [0, 0.1) is 13.8 Å². The van der Waals surface area contributed by atoms with Crippen molar-refractivity contribution in [3.63, 3.8) is 0 Å². The Balaban J connectivity index is 0.964. The van der Waals surface area contributed by atoms with Crippen LogP contribution in [0.3, 0.4) is 0 Å². The zero-order chi connectivity index (χ0) is 40.4. The quantitative estimate of drug-likeness (QED) is 0.121. The van der Waals surface area contributed by atoms with Gasteiger partial charge in [0.15, 0.2) is 0 Å². The van der Waals surface area contributed by atoms with Gasteiger partial charge in [-0.05, 0) is 164 Å². The van der Waals surface area contributed by atoms with Crippen LogP contribution in [-0.4, -0.2) is 13.1 Å². The van der Waals surface area contributed by atoms with Crippen LogP contribution >= 0.6 is 0 Å². The average Bonchev–Trinajstić information content (AvgIpc) is 3.29. The third-order valence-electron chi connectivity index (χ3n) is 12.4. The largest absolute Gasteiger partial charge is 0.341 e. The highest BCUT2D eigenvalue weighted by Gasteiger charge is 2.18. The third kappa shape index (κ3) is 7.16. The second-order valence-electron chi connectivity index (χ2n) is 16.1. The molecule has 0 radical (unpaired) electrons. The first-order valence-corrected chi connectivity index (χ1v) is 21.2. The number of aryl methyl sites for hydroxylation is 2. The Labute approximate surface area is 353 Å². The topological polar surface area (TPSA) is 6.48 Å². The van der Waals surface area contributed by atoms with Gasteiger partial charge in [0.25, 0.3) is 0 Å². The van der Waals surface area contributed by atoms with Crippen molar-refractivity contribution >= 4 is 65.8 Å². The van der Waals surface area contributed by atoms with E-state index in [-0.39, 0.29) is 0 Å². The third-order valence-corrected chi connectivity index (χ3v) is 12.4. The summed E-state index contributed by atoms with van der Waals surface area (Å²) in [6.07, 6.45) is 1.85. The molecular formula is C58H48N2. The van der Waals surface area contributed by atoms with Crippen LogP contribution in [0.4, 0.5) is 22.7 Å². The second kappa shape index (κ2) is 16.2. The predicted molar refractivity (Wildman–Crippen MR) is 259 cm³/mol.